The van der Waals surface area contributed by atoms with Crippen LogP contribution in [0.1, 0.15) is 98.8 Å². The minimum atomic E-state index is -1.29. The van der Waals surface area contributed by atoms with Crippen LogP contribution in [0.2, 0.25) is 0 Å². The van der Waals surface area contributed by atoms with Gasteiger partial charge in [-0.15, -0.1) is 0 Å². The van der Waals surface area contributed by atoms with Crippen molar-refractivity contribution in [1.82, 2.24) is 25.6 Å². The van der Waals surface area contributed by atoms with Crippen molar-refractivity contribution in [3.63, 3.8) is 0 Å². The van der Waals surface area contributed by atoms with Gasteiger partial charge in [0.2, 0.25) is 23.6 Å². The normalized spacial score (nSPS) is 26.3. The topological polar surface area (TPSA) is 122 Å². The molecule has 0 aromatic rings. The molecule has 0 aliphatic heterocycles. The van der Waals surface area contributed by atoms with Crippen LogP contribution in [0.3, 0.4) is 0 Å². The molecule has 3 N–H and O–H groups in total. The number of hydrazine groups is 1. The van der Waals surface area contributed by atoms with Gasteiger partial charge < -0.3 is 20.2 Å². The lowest BCUT2D eigenvalue weighted by atomic mass is 9.73. The number of aliphatic hydroxyl groups is 1. The maximum atomic E-state index is 14.4. The first-order valence-corrected chi connectivity index (χ1v) is 17.5. The standard InChI is InChI=1S/C34H61F2N5O5/c1-8-11-40(12-9-2)34(46)26-18-24(17-25(19-26)33(45)39(6)7)32(44)37-29(16-23-14-27(35)20-28(36)15-23)30(42)21-41(13-10-3)38-31(43)22(4)5/h22-30,42H,8-21H2,1-7H3,(H,37,44)(H,38,43). The van der Waals surface area contributed by atoms with E-state index < -0.39 is 42.2 Å². The lowest BCUT2D eigenvalue weighted by Gasteiger charge is -2.38. The lowest BCUT2D eigenvalue weighted by Crippen LogP contribution is -2.55. The van der Waals surface area contributed by atoms with Crippen molar-refractivity contribution in [1.29, 1.82) is 0 Å². The van der Waals surface area contributed by atoms with Gasteiger partial charge in [-0.1, -0.05) is 34.6 Å². The van der Waals surface area contributed by atoms with Crippen molar-refractivity contribution in [2.45, 2.75) is 123 Å². The Balaban J connectivity index is 2.33. The second kappa shape index (κ2) is 19.5. The SMILES string of the molecule is CCCN(CC(O)C(CC1CC(F)CC(F)C1)NC(=O)C1CC(C(=O)N(C)C)CC(C(=O)N(CCC)CCC)C1)NC(=O)C(C)C. The fraction of sp³-hybridized carbons (Fsp3) is 0.882. The Labute approximate surface area is 275 Å². The van der Waals surface area contributed by atoms with E-state index in [1.165, 1.54) is 4.90 Å². The Morgan fingerprint density at radius 1 is 0.783 bits per heavy atom. The third-order valence-electron chi connectivity index (χ3n) is 9.28. The van der Waals surface area contributed by atoms with E-state index in [4.69, 9.17) is 0 Å². The highest BCUT2D eigenvalue weighted by Crippen LogP contribution is 2.37. The van der Waals surface area contributed by atoms with E-state index in [1.54, 1.807) is 33.0 Å². The Morgan fingerprint density at radius 3 is 1.80 bits per heavy atom. The summed E-state index contributed by atoms with van der Waals surface area (Å²) in [6.45, 7) is 11.2. The predicted molar refractivity (Wildman–Crippen MR) is 175 cm³/mol. The van der Waals surface area contributed by atoms with Crippen molar-refractivity contribution < 1.29 is 33.1 Å². The molecule has 10 nitrogen and oxygen atoms in total. The first-order chi connectivity index (χ1) is 21.7. The zero-order chi connectivity index (χ0) is 34.6. The predicted octanol–water partition coefficient (Wildman–Crippen LogP) is 3.87. The van der Waals surface area contributed by atoms with Crippen LogP contribution >= 0.6 is 0 Å². The summed E-state index contributed by atoms with van der Waals surface area (Å²) in [5.74, 6) is -3.09. The zero-order valence-electron chi connectivity index (χ0n) is 29.3. The molecule has 2 saturated carbocycles. The maximum Gasteiger partial charge on any atom is 0.236 e. The molecule has 2 rings (SSSR count). The van der Waals surface area contributed by atoms with Gasteiger partial charge in [-0.3, -0.25) is 24.6 Å². The lowest BCUT2D eigenvalue weighted by molar-refractivity contribution is -0.143. The van der Waals surface area contributed by atoms with Gasteiger partial charge in [-0.2, -0.15) is 0 Å². The molecule has 12 heteroatoms. The molecule has 2 aliphatic rings. The summed E-state index contributed by atoms with van der Waals surface area (Å²) in [6, 6.07) is -0.846. The summed E-state index contributed by atoms with van der Waals surface area (Å²) in [5, 5.41) is 16.1. The van der Waals surface area contributed by atoms with E-state index >= 15 is 0 Å². The van der Waals surface area contributed by atoms with Gasteiger partial charge in [-0.05, 0) is 63.7 Å². The van der Waals surface area contributed by atoms with Crippen LogP contribution in [-0.2, 0) is 19.2 Å². The molecule has 7 atom stereocenters. The largest absolute Gasteiger partial charge is 0.390 e. The average molecular weight is 658 g/mol. The second-order valence-corrected chi connectivity index (χ2v) is 14.1. The zero-order valence-corrected chi connectivity index (χ0v) is 29.3. The Kier molecular flexibility index (Phi) is 16.9. The first-order valence-electron chi connectivity index (χ1n) is 17.5. The molecule has 0 saturated heterocycles. The second-order valence-electron chi connectivity index (χ2n) is 14.1. The van der Waals surface area contributed by atoms with Gasteiger partial charge in [0.05, 0.1) is 12.1 Å². The van der Waals surface area contributed by atoms with Crippen LogP contribution in [0.25, 0.3) is 0 Å². The molecule has 0 heterocycles. The van der Waals surface area contributed by atoms with E-state index in [0.29, 0.717) is 32.5 Å². The van der Waals surface area contributed by atoms with Crippen LogP contribution in [0.4, 0.5) is 8.78 Å². The molecular weight excluding hydrogens is 596 g/mol. The van der Waals surface area contributed by atoms with E-state index in [-0.39, 0.29) is 80.5 Å². The highest BCUT2D eigenvalue weighted by Gasteiger charge is 2.42. The minimum absolute atomic E-state index is 0.0125. The van der Waals surface area contributed by atoms with Crippen LogP contribution in [0, 0.1) is 29.6 Å². The van der Waals surface area contributed by atoms with Gasteiger partial charge in [-0.25, -0.2) is 13.8 Å². The molecule has 0 radical (unpaired) electrons. The van der Waals surface area contributed by atoms with E-state index in [2.05, 4.69) is 10.7 Å². The number of hydrogen-bond donors (Lipinski definition) is 3. The molecule has 266 valence electrons. The third-order valence-corrected chi connectivity index (χ3v) is 9.28. The van der Waals surface area contributed by atoms with Crippen molar-refractivity contribution in [2.24, 2.45) is 29.6 Å². The molecule has 2 aliphatic carbocycles. The number of aliphatic hydroxyl groups excluding tert-OH is 1. The van der Waals surface area contributed by atoms with Crippen LogP contribution < -0.4 is 10.7 Å². The highest BCUT2D eigenvalue weighted by molar-refractivity contribution is 5.86. The number of halogens is 2. The Hall–Kier alpha value is -2.34. The van der Waals surface area contributed by atoms with Gasteiger partial charge in [0.1, 0.15) is 12.3 Å². The quantitative estimate of drug-likeness (QED) is 0.204. The number of alkyl halides is 2. The fourth-order valence-corrected chi connectivity index (χ4v) is 6.99. The summed E-state index contributed by atoms with van der Waals surface area (Å²) >= 11 is 0. The van der Waals surface area contributed by atoms with Crippen molar-refractivity contribution >= 4 is 23.6 Å². The minimum Gasteiger partial charge on any atom is -0.390 e. The third kappa shape index (κ3) is 12.4. The van der Waals surface area contributed by atoms with Gasteiger partial charge in [0.25, 0.3) is 0 Å². The van der Waals surface area contributed by atoms with Gasteiger partial charge in [0.15, 0.2) is 0 Å². The van der Waals surface area contributed by atoms with Crippen LogP contribution in [-0.4, -0.2) is 108 Å². The summed E-state index contributed by atoms with van der Waals surface area (Å²) < 4.78 is 28.8. The van der Waals surface area contributed by atoms with Crippen LogP contribution in [0.5, 0.6) is 0 Å². The molecule has 4 amide bonds. The smallest absolute Gasteiger partial charge is 0.236 e. The summed E-state index contributed by atoms with van der Waals surface area (Å²) in [5.41, 5.74) is 2.83. The summed E-state index contributed by atoms with van der Waals surface area (Å²) in [7, 11) is 3.33. The molecular formula is C34H61F2N5O5. The molecule has 0 aromatic carbocycles. The van der Waals surface area contributed by atoms with Crippen molar-refractivity contribution in [3.8, 4) is 0 Å². The summed E-state index contributed by atoms with van der Waals surface area (Å²) in [4.78, 5) is 56.6. The van der Waals surface area contributed by atoms with Crippen molar-refractivity contribution in [2.75, 3.05) is 40.3 Å². The molecule has 0 bridgehead atoms. The molecule has 7 unspecified atom stereocenters. The number of nitrogens with zero attached hydrogens (tertiary/aromatic N) is 3. The molecule has 0 spiro atoms. The van der Waals surface area contributed by atoms with Gasteiger partial charge in [0, 0.05) is 70.4 Å². The van der Waals surface area contributed by atoms with Crippen LogP contribution in [0.15, 0.2) is 0 Å². The molecule has 0 aromatic heterocycles. The van der Waals surface area contributed by atoms with E-state index in [0.717, 1.165) is 12.8 Å². The monoisotopic (exact) mass is 657 g/mol. The number of carbonyl (C=O) groups is 4. The number of nitrogens with one attached hydrogen (secondary N) is 2. The maximum absolute atomic E-state index is 14.4. The fourth-order valence-electron chi connectivity index (χ4n) is 6.99. The Bertz CT molecular complexity index is 970. The number of amides is 4. The number of hydrogen-bond acceptors (Lipinski definition) is 6. The van der Waals surface area contributed by atoms with Gasteiger partial charge >= 0.3 is 0 Å². The highest BCUT2D eigenvalue weighted by atomic mass is 19.1. The van der Waals surface area contributed by atoms with E-state index in [1.807, 2.05) is 25.7 Å². The van der Waals surface area contributed by atoms with Crippen molar-refractivity contribution in [3.05, 3.63) is 0 Å². The first kappa shape index (κ1) is 39.8. The molecule has 2 fully saturated rings. The number of carbonyl (C=O) groups excluding carboxylic acids is 4. The average Bonchev–Trinajstić information content (AvgIpc) is 2.99. The Morgan fingerprint density at radius 2 is 1.30 bits per heavy atom. The molecule has 46 heavy (non-hydrogen) atoms. The number of rotatable bonds is 17. The van der Waals surface area contributed by atoms with E-state index in [9.17, 15) is 33.1 Å². The summed E-state index contributed by atoms with van der Waals surface area (Å²) in [6.07, 6.45) is -0.194.